The van der Waals surface area contributed by atoms with Crippen molar-refractivity contribution in [3.05, 3.63) is 18.2 Å². The van der Waals surface area contributed by atoms with E-state index in [9.17, 15) is 4.79 Å². The Balaban J connectivity index is 0.000000230. The van der Waals surface area contributed by atoms with Gasteiger partial charge in [0.2, 0.25) is 0 Å². The van der Waals surface area contributed by atoms with Crippen LogP contribution in [0.3, 0.4) is 0 Å². The van der Waals surface area contributed by atoms with Gasteiger partial charge in [0.05, 0.1) is 19.1 Å². The second-order valence-corrected chi connectivity index (χ2v) is 4.90. The molecule has 21 heavy (non-hydrogen) atoms. The van der Waals surface area contributed by atoms with Crippen molar-refractivity contribution in [2.45, 2.75) is 39.3 Å². The number of phenols is 1. The Bertz CT molecular complexity index is 522. The maximum atomic E-state index is 11.0. The van der Waals surface area contributed by atoms with Crippen LogP contribution in [0.15, 0.2) is 22.6 Å². The van der Waals surface area contributed by atoms with E-state index in [0.717, 1.165) is 5.58 Å². The zero-order valence-corrected chi connectivity index (χ0v) is 12.6. The minimum atomic E-state index is -0.385. The lowest BCUT2D eigenvalue weighted by Gasteiger charge is -2.13. The van der Waals surface area contributed by atoms with Crippen LogP contribution >= 0.6 is 0 Å². The first kappa shape index (κ1) is 17.3. The van der Waals surface area contributed by atoms with E-state index < -0.39 is 0 Å². The summed E-state index contributed by atoms with van der Waals surface area (Å²) in [6.45, 7) is 6.29. The SMILES string of the molecule is CCOC(=O)CC(C)NCC(C)O.Oc1cc2ccc1o2. The van der Waals surface area contributed by atoms with Crippen LogP contribution in [0.4, 0.5) is 0 Å². The molecule has 0 fully saturated rings. The van der Waals surface area contributed by atoms with Gasteiger partial charge in [-0.1, -0.05) is 0 Å². The summed E-state index contributed by atoms with van der Waals surface area (Å²) >= 11 is 0. The second-order valence-electron chi connectivity index (χ2n) is 4.90. The fraction of sp³-hybridized carbons (Fsp3) is 0.533. The van der Waals surface area contributed by atoms with Crippen molar-refractivity contribution in [2.75, 3.05) is 13.2 Å². The molecule has 0 aliphatic rings. The predicted octanol–water partition coefficient (Wildman–Crippen LogP) is 1.87. The Morgan fingerprint density at radius 1 is 1.43 bits per heavy atom. The molecule has 0 saturated carbocycles. The third-order valence-corrected chi connectivity index (χ3v) is 2.70. The molecule has 0 aliphatic carbocycles. The molecular weight excluding hydrogens is 274 g/mol. The number of ether oxygens (including phenoxy) is 1. The third kappa shape index (κ3) is 6.46. The molecule has 2 bridgehead atoms. The number of nitrogens with one attached hydrogen (secondary N) is 1. The maximum Gasteiger partial charge on any atom is 0.307 e. The van der Waals surface area contributed by atoms with Crippen molar-refractivity contribution >= 4 is 17.1 Å². The second kappa shape index (κ2) is 8.49. The minimum Gasteiger partial charge on any atom is -0.504 e. The zero-order chi connectivity index (χ0) is 15.8. The highest BCUT2D eigenvalue weighted by molar-refractivity contribution is 5.70. The van der Waals surface area contributed by atoms with Gasteiger partial charge in [0.25, 0.3) is 0 Å². The van der Waals surface area contributed by atoms with Gasteiger partial charge in [0.1, 0.15) is 5.58 Å². The van der Waals surface area contributed by atoms with Gasteiger partial charge in [-0.3, -0.25) is 4.79 Å². The Morgan fingerprint density at radius 2 is 2.14 bits per heavy atom. The van der Waals surface area contributed by atoms with E-state index in [1.165, 1.54) is 0 Å². The number of hydrogen-bond acceptors (Lipinski definition) is 6. The average molecular weight is 297 g/mol. The van der Waals surface area contributed by atoms with E-state index in [0.29, 0.717) is 25.2 Å². The van der Waals surface area contributed by atoms with Gasteiger partial charge in [0, 0.05) is 18.7 Å². The minimum absolute atomic E-state index is 0.0497. The largest absolute Gasteiger partial charge is 0.504 e. The van der Waals surface area contributed by atoms with Gasteiger partial charge in [-0.05, 0) is 32.9 Å². The number of benzene rings is 1. The van der Waals surface area contributed by atoms with E-state index >= 15 is 0 Å². The number of aliphatic hydroxyl groups is 1. The Kier molecular flexibility index (Phi) is 6.98. The third-order valence-electron chi connectivity index (χ3n) is 2.70. The number of fused-ring (bicyclic) bond motifs is 2. The van der Waals surface area contributed by atoms with Gasteiger partial charge in [-0.25, -0.2) is 0 Å². The number of rotatable bonds is 6. The molecule has 0 aromatic carbocycles. The van der Waals surface area contributed by atoms with Gasteiger partial charge >= 0.3 is 5.97 Å². The summed E-state index contributed by atoms with van der Waals surface area (Å²) in [4.78, 5) is 11.0. The molecule has 2 rings (SSSR count). The van der Waals surface area contributed by atoms with Crippen molar-refractivity contribution in [3.63, 3.8) is 0 Å². The number of carbonyl (C=O) groups excluding carboxylic acids is 1. The molecule has 2 aromatic rings. The molecule has 0 spiro atoms. The van der Waals surface area contributed by atoms with Crippen molar-refractivity contribution in [1.29, 1.82) is 0 Å². The van der Waals surface area contributed by atoms with E-state index in [4.69, 9.17) is 19.4 Å². The normalized spacial score (nSPS) is 13.5. The number of aliphatic hydroxyl groups excluding tert-OH is 1. The molecule has 3 N–H and O–H groups in total. The summed E-state index contributed by atoms with van der Waals surface area (Å²) in [7, 11) is 0. The standard InChI is InChI=1S/C9H19NO3.C6H4O2/c1-4-13-9(12)5-7(2)10-6-8(3)11;7-5-3-4-1-2-6(5)8-4/h7-8,10-11H,4-6H2,1-3H3;1-3,7H. The molecule has 6 heteroatoms. The summed E-state index contributed by atoms with van der Waals surface area (Å²) in [5, 5.41) is 20.8. The first-order valence-electron chi connectivity index (χ1n) is 7.00. The van der Waals surface area contributed by atoms with Gasteiger partial charge in [-0.15, -0.1) is 0 Å². The molecular formula is C15H23NO5. The van der Waals surface area contributed by atoms with E-state index in [1.807, 2.05) is 13.0 Å². The van der Waals surface area contributed by atoms with Crippen molar-refractivity contribution in [3.8, 4) is 5.75 Å². The van der Waals surface area contributed by atoms with Gasteiger partial charge < -0.3 is 24.7 Å². The lowest BCUT2D eigenvalue weighted by molar-refractivity contribution is -0.143. The highest BCUT2D eigenvalue weighted by Gasteiger charge is 2.09. The fourth-order valence-electron chi connectivity index (χ4n) is 1.69. The molecule has 0 amide bonds. The van der Waals surface area contributed by atoms with Crippen molar-refractivity contribution in [1.82, 2.24) is 5.32 Å². The van der Waals surface area contributed by atoms with Crippen molar-refractivity contribution in [2.24, 2.45) is 0 Å². The zero-order valence-electron chi connectivity index (χ0n) is 12.6. The van der Waals surface area contributed by atoms with Gasteiger partial charge in [0.15, 0.2) is 11.3 Å². The van der Waals surface area contributed by atoms with Crippen LogP contribution in [0.5, 0.6) is 5.75 Å². The monoisotopic (exact) mass is 297 g/mol. The lowest BCUT2D eigenvalue weighted by Crippen LogP contribution is -2.34. The van der Waals surface area contributed by atoms with Crippen LogP contribution in [0.2, 0.25) is 0 Å². The molecule has 0 radical (unpaired) electrons. The number of aromatic hydroxyl groups is 1. The number of hydrogen-bond donors (Lipinski definition) is 3. The number of furan rings is 2. The fourth-order valence-corrected chi connectivity index (χ4v) is 1.69. The Labute approximate surface area is 124 Å². The highest BCUT2D eigenvalue weighted by atomic mass is 16.5. The van der Waals surface area contributed by atoms with Crippen LogP contribution < -0.4 is 5.32 Å². The van der Waals surface area contributed by atoms with Crippen LogP contribution in [0.25, 0.3) is 11.2 Å². The first-order chi connectivity index (χ1) is 9.92. The van der Waals surface area contributed by atoms with Crippen LogP contribution in [-0.2, 0) is 9.53 Å². The molecule has 0 aliphatic heterocycles. The number of esters is 1. The summed E-state index contributed by atoms with van der Waals surface area (Å²) < 4.78 is 9.74. The molecule has 2 aromatic heterocycles. The number of carbonyl (C=O) groups is 1. The smallest absolute Gasteiger partial charge is 0.307 e. The average Bonchev–Trinajstić information content (AvgIpc) is 2.99. The number of phenolic OH excluding ortho intramolecular Hbond substituents is 1. The maximum absolute atomic E-state index is 11.0. The molecule has 118 valence electrons. The summed E-state index contributed by atoms with van der Waals surface area (Å²) in [5.74, 6) is 0.0376. The van der Waals surface area contributed by atoms with Crippen LogP contribution in [0.1, 0.15) is 27.2 Å². The Morgan fingerprint density at radius 3 is 2.52 bits per heavy atom. The van der Waals surface area contributed by atoms with E-state index in [1.54, 1.807) is 26.0 Å². The molecule has 0 saturated heterocycles. The molecule has 2 heterocycles. The van der Waals surface area contributed by atoms with Crippen LogP contribution in [-0.4, -0.2) is 41.5 Å². The topological polar surface area (TPSA) is 91.9 Å². The Hall–Kier alpha value is -1.79. The molecule has 6 nitrogen and oxygen atoms in total. The summed E-state index contributed by atoms with van der Waals surface area (Å²) in [6.07, 6.45) is -0.0368. The van der Waals surface area contributed by atoms with E-state index in [2.05, 4.69) is 5.32 Å². The van der Waals surface area contributed by atoms with Gasteiger partial charge in [-0.2, -0.15) is 0 Å². The van der Waals surface area contributed by atoms with E-state index in [-0.39, 0.29) is 23.9 Å². The molecule has 2 atom stereocenters. The lowest BCUT2D eigenvalue weighted by atomic mass is 10.2. The first-order valence-corrected chi connectivity index (χ1v) is 7.00. The summed E-state index contributed by atoms with van der Waals surface area (Å²) in [6, 6.07) is 5.20. The highest BCUT2D eigenvalue weighted by Crippen LogP contribution is 2.26. The summed E-state index contributed by atoms with van der Waals surface area (Å²) in [5.41, 5.74) is 1.30. The van der Waals surface area contributed by atoms with Crippen LogP contribution in [0, 0.1) is 0 Å². The quantitative estimate of drug-likeness (QED) is 0.705. The predicted molar refractivity (Wildman–Crippen MR) is 79.5 cm³/mol. The van der Waals surface area contributed by atoms with Crippen molar-refractivity contribution < 1.29 is 24.2 Å². The molecule has 2 unspecified atom stereocenters.